The lowest BCUT2D eigenvalue weighted by molar-refractivity contribution is -0.201. The van der Waals surface area contributed by atoms with E-state index in [-0.39, 0.29) is 13.2 Å². The predicted octanol–water partition coefficient (Wildman–Crippen LogP) is 2.63. The standard InChI is InChI=1S/C20H21NO7/c1-13(22)24-12-19-18(26-14(2)23)8-9-20(27-19)25-11-16-10-17(21-28-16)15-6-4-3-5-7-15/h3-10,18-20H,11-12H2,1-2H3/t18-,19+,20?/m0/s1. The fraction of sp³-hybridized carbons (Fsp3) is 0.350. The molecule has 3 rings (SSSR count). The molecule has 1 aliphatic heterocycles. The third-order valence-corrected chi connectivity index (χ3v) is 3.90. The van der Waals surface area contributed by atoms with E-state index in [2.05, 4.69) is 5.16 Å². The summed E-state index contributed by atoms with van der Waals surface area (Å²) in [5, 5.41) is 4.03. The van der Waals surface area contributed by atoms with E-state index in [1.54, 1.807) is 18.2 Å². The lowest BCUT2D eigenvalue weighted by Gasteiger charge is -2.31. The lowest BCUT2D eigenvalue weighted by atomic mass is 10.1. The summed E-state index contributed by atoms with van der Waals surface area (Å²) in [4.78, 5) is 22.3. The molecule has 148 valence electrons. The Morgan fingerprint density at radius 2 is 1.89 bits per heavy atom. The van der Waals surface area contributed by atoms with Crippen molar-refractivity contribution in [3.05, 3.63) is 54.3 Å². The van der Waals surface area contributed by atoms with E-state index >= 15 is 0 Å². The second-order valence-electron chi connectivity index (χ2n) is 6.16. The molecule has 0 radical (unpaired) electrons. The van der Waals surface area contributed by atoms with Crippen molar-refractivity contribution in [3.63, 3.8) is 0 Å². The van der Waals surface area contributed by atoms with E-state index in [4.69, 9.17) is 23.5 Å². The Labute approximate surface area is 162 Å². The smallest absolute Gasteiger partial charge is 0.303 e. The van der Waals surface area contributed by atoms with Crippen LogP contribution in [0.2, 0.25) is 0 Å². The number of ether oxygens (including phenoxy) is 4. The van der Waals surface area contributed by atoms with Gasteiger partial charge in [0.1, 0.15) is 31.1 Å². The monoisotopic (exact) mass is 387 g/mol. The molecule has 2 aromatic rings. The normalized spacial score (nSPS) is 21.3. The number of hydrogen-bond acceptors (Lipinski definition) is 8. The maximum Gasteiger partial charge on any atom is 0.303 e. The third-order valence-electron chi connectivity index (χ3n) is 3.90. The number of hydrogen-bond donors (Lipinski definition) is 0. The Bertz CT molecular complexity index is 830. The molecule has 0 fully saturated rings. The lowest BCUT2D eigenvalue weighted by Crippen LogP contribution is -2.42. The van der Waals surface area contributed by atoms with Crippen LogP contribution in [0.4, 0.5) is 0 Å². The van der Waals surface area contributed by atoms with Crippen LogP contribution in [0, 0.1) is 0 Å². The molecule has 1 aromatic carbocycles. The number of rotatable bonds is 7. The molecule has 28 heavy (non-hydrogen) atoms. The van der Waals surface area contributed by atoms with Gasteiger partial charge in [-0.15, -0.1) is 0 Å². The molecule has 1 unspecified atom stereocenters. The second-order valence-corrected chi connectivity index (χ2v) is 6.16. The maximum atomic E-state index is 11.2. The molecule has 0 amide bonds. The summed E-state index contributed by atoms with van der Waals surface area (Å²) in [6.07, 6.45) is 1.24. The van der Waals surface area contributed by atoms with Gasteiger partial charge in [0, 0.05) is 25.5 Å². The highest BCUT2D eigenvalue weighted by Crippen LogP contribution is 2.21. The van der Waals surface area contributed by atoms with Crippen LogP contribution in [0.25, 0.3) is 11.3 Å². The molecule has 0 saturated heterocycles. The van der Waals surface area contributed by atoms with Gasteiger partial charge < -0.3 is 23.5 Å². The summed E-state index contributed by atoms with van der Waals surface area (Å²) in [6, 6.07) is 11.4. The first-order valence-corrected chi connectivity index (χ1v) is 8.78. The number of benzene rings is 1. The average molecular weight is 387 g/mol. The quantitative estimate of drug-likeness (QED) is 0.528. The molecule has 0 saturated carbocycles. The largest absolute Gasteiger partial charge is 0.463 e. The first kappa shape index (κ1) is 19.8. The SMILES string of the molecule is CC(=O)OC[C@H]1OC(OCc2cc(-c3ccccc3)no2)C=C[C@@H]1OC(C)=O. The molecule has 8 heteroatoms. The van der Waals surface area contributed by atoms with Crippen molar-refractivity contribution in [2.75, 3.05) is 6.61 Å². The molecule has 0 aliphatic carbocycles. The van der Waals surface area contributed by atoms with Gasteiger partial charge in [0.25, 0.3) is 0 Å². The Morgan fingerprint density at radius 1 is 1.11 bits per heavy atom. The minimum Gasteiger partial charge on any atom is -0.463 e. The van der Waals surface area contributed by atoms with Gasteiger partial charge in [-0.3, -0.25) is 9.59 Å². The van der Waals surface area contributed by atoms with Crippen LogP contribution in [0.15, 0.2) is 53.1 Å². The van der Waals surface area contributed by atoms with E-state index in [0.717, 1.165) is 5.56 Å². The molecule has 1 aromatic heterocycles. The third kappa shape index (κ3) is 5.51. The zero-order valence-corrected chi connectivity index (χ0v) is 15.6. The maximum absolute atomic E-state index is 11.2. The molecule has 0 spiro atoms. The van der Waals surface area contributed by atoms with Crippen LogP contribution >= 0.6 is 0 Å². The number of nitrogens with zero attached hydrogens (tertiary/aromatic N) is 1. The van der Waals surface area contributed by atoms with Crippen LogP contribution in [0.5, 0.6) is 0 Å². The van der Waals surface area contributed by atoms with Crippen molar-refractivity contribution >= 4 is 11.9 Å². The van der Waals surface area contributed by atoms with E-state index in [1.807, 2.05) is 30.3 Å². The topological polar surface area (TPSA) is 97.1 Å². The van der Waals surface area contributed by atoms with Gasteiger partial charge in [0.2, 0.25) is 0 Å². The Morgan fingerprint density at radius 3 is 2.61 bits per heavy atom. The molecule has 0 bridgehead atoms. The summed E-state index contributed by atoms with van der Waals surface area (Å²) >= 11 is 0. The van der Waals surface area contributed by atoms with Gasteiger partial charge in [-0.25, -0.2) is 0 Å². The van der Waals surface area contributed by atoms with Gasteiger partial charge in [0.15, 0.2) is 12.1 Å². The van der Waals surface area contributed by atoms with Gasteiger partial charge in [-0.2, -0.15) is 0 Å². The fourth-order valence-corrected chi connectivity index (χ4v) is 2.64. The highest BCUT2D eigenvalue weighted by molar-refractivity contribution is 5.67. The molecule has 3 atom stereocenters. The summed E-state index contributed by atoms with van der Waals surface area (Å²) < 4.78 is 26.9. The molecule has 2 heterocycles. The van der Waals surface area contributed by atoms with Crippen molar-refractivity contribution in [2.45, 2.75) is 39.0 Å². The van der Waals surface area contributed by atoms with E-state index in [9.17, 15) is 9.59 Å². The number of carbonyl (C=O) groups is 2. The highest BCUT2D eigenvalue weighted by Gasteiger charge is 2.31. The first-order valence-electron chi connectivity index (χ1n) is 8.78. The van der Waals surface area contributed by atoms with Gasteiger partial charge in [-0.05, 0) is 12.2 Å². The van der Waals surface area contributed by atoms with Gasteiger partial charge in [0.05, 0.1) is 0 Å². The predicted molar refractivity (Wildman–Crippen MR) is 96.7 cm³/mol. The van der Waals surface area contributed by atoms with E-state index in [1.165, 1.54) is 13.8 Å². The van der Waals surface area contributed by atoms with Crippen molar-refractivity contribution in [1.82, 2.24) is 5.16 Å². The zero-order chi connectivity index (χ0) is 19.9. The minimum atomic E-state index is -0.711. The molecular weight excluding hydrogens is 366 g/mol. The summed E-state index contributed by atoms with van der Waals surface area (Å²) in [6.45, 7) is 2.67. The summed E-state index contributed by atoms with van der Waals surface area (Å²) in [7, 11) is 0. The molecule has 8 nitrogen and oxygen atoms in total. The highest BCUT2D eigenvalue weighted by atomic mass is 16.7. The Balaban J connectivity index is 1.59. The van der Waals surface area contributed by atoms with Crippen molar-refractivity contribution in [2.24, 2.45) is 0 Å². The zero-order valence-electron chi connectivity index (χ0n) is 15.6. The minimum absolute atomic E-state index is 0.0576. The number of esters is 2. The number of carbonyl (C=O) groups excluding carboxylic acids is 2. The second kappa shape index (κ2) is 9.29. The molecule has 0 N–H and O–H groups in total. The first-order chi connectivity index (χ1) is 13.5. The van der Waals surface area contributed by atoms with Crippen LogP contribution in [0.1, 0.15) is 19.6 Å². The molecule has 1 aliphatic rings. The number of aromatic nitrogens is 1. The summed E-state index contributed by atoms with van der Waals surface area (Å²) in [5.41, 5.74) is 1.65. The van der Waals surface area contributed by atoms with Crippen molar-refractivity contribution < 1.29 is 33.1 Å². The Kier molecular flexibility index (Phi) is 6.57. The van der Waals surface area contributed by atoms with Gasteiger partial charge >= 0.3 is 11.9 Å². The van der Waals surface area contributed by atoms with Crippen LogP contribution in [-0.4, -0.2) is 42.2 Å². The van der Waals surface area contributed by atoms with E-state index in [0.29, 0.717) is 11.5 Å². The van der Waals surface area contributed by atoms with E-state index < -0.39 is 30.4 Å². The average Bonchev–Trinajstić information content (AvgIpc) is 3.15. The van der Waals surface area contributed by atoms with Crippen LogP contribution in [0.3, 0.4) is 0 Å². The van der Waals surface area contributed by atoms with Crippen molar-refractivity contribution in [1.29, 1.82) is 0 Å². The van der Waals surface area contributed by atoms with Gasteiger partial charge in [-0.1, -0.05) is 35.5 Å². The summed E-state index contributed by atoms with van der Waals surface area (Å²) in [5.74, 6) is -0.373. The fourth-order valence-electron chi connectivity index (χ4n) is 2.64. The van der Waals surface area contributed by atoms with Crippen LogP contribution in [-0.2, 0) is 35.1 Å². The van der Waals surface area contributed by atoms with Crippen molar-refractivity contribution in [3.8, 4) is 11.3 Å². The molecular formula is C20H21NO7. The van der Waals surface area contributed by atoms with Crippen LogP contribution < -0.4 is 0 Å². The Hall–Kier alpha value is -2.97.